The van der Waals surface area contributed by atoms with Crippen molar-refractivity contribution in [2.45, 2.75) is 13.5 Å². The Balaban J connectivity index is 2.15. The van der Waals surface area contributed by atoms with E-state index in [1.165, 1.54) is 0 Å². The van der Waals surface area contributed by atoms with Gasteiger partial charge in [-0.05, 0) is 36.2 Å². The zero-order chi connectivity index (χ0) is 15.4. The molecule has 0 bridgehead atoms. The molecule has 0 aliphatic rings. The molecule has 2 aromatic carbocycles. The van der Waals surface area contributed by atoms with E-state index in [4.69, 9.17) is 11.0 Å². The number of benzene rings is 2. The molecule has 4 heteroatoms. The summed E-state index contributed by atoms with van der Waals surface area (Å²) in [7, 11) is 1.74. The van der Waals surface area contributed by atoms with Gasteiger partial charge in [0, 0.05) is 19.3 Å². The number of rotatable bonds is 3. The predicted octanol–water partition coefficient (Wildman–Crippen LogP) is 2.72. The molecule has 0 unspecified atom stereocenters. The number of carbonyl (C=O) groups excluding carboxylic acids is 1. The number of amides is 1. The highest BCUT2D eigenvalue weighted by atomic mass is 16.2. The minimum absolute atomic E-state index is 0.111. The molecule has 0 heterocycles. The number of nitrogens with zero attached hydrogens (tertiary/aromatic N) is 2. The van der Waals surface area contributed by atoms with Gasteiger partial charge in [0.1, 0.15) is 0 Å². The molecule has 2 aromatic rings. The summed E-state index contributed by atoms with van der Waals surface area (Å²) < 4.78 is 0. The molecule has 2 rings (SSSR count). The van der Waals surface area contributed by atoms with Crippen molar-refractivity contribution in [1.29, 1.82) is 5.26 Å². The maximum absolute atomic E-state index is 12.4. The lowest BCUT2D eigenvalue weighted by atomic mass is 10.1. The summed E-state index contributed by atoms with van der Waals surface area (Å²) >= 11 is 0. The van der Waals surface area contributed by atoms with Crippen LogP contribution in [-0.4, -0.2) is 17.9 Å². The van der Waals surface area contributed by atoms with Crippen LogP contribution in [0.1, 0.15) is 27.0 Å². The second-order valence-electron chi connectivity index (χ2n) is 5.01. The zero-order valence-corrected chi connectivity index (χ0v) is 12.1. The summed E-state index contributed by atoms with van der Waals surface area (Å²) in [5.74, 6) is -0.111. The number of hydrogen-bond acceptors (Lipinski definition) is 3. The summed E-state index contributed by atoms with van der Waals surface area (Å²) in [5.41, 5.74) is 9.48. The quantitative estimate of drug-likeness (QED) is 0.878. The number of para-hydroxylation sites is 1. The third-order valence-electron chi connectivity index (χ3n) is 3.40. The molecule has 0 aromatic heterocycles. The van der Waals surface area contributed by atoms with Crippen molar-refractivity contribution in [3.63, 3.8) is 0 Å². The lowest BCUT2D eigenvalue weighted by Gasteiger charge is -2.19. The fourth-order valence-corrected chi connectivity index (χ4v) is 2.10. The average Bonchev–Trinajstić information content (AvgIpc) is 2.50. The van der Waals surface area contributed by atoms with Gasteiger partial charge in [-0.1, -0.05) is 24.3 Å². The number of nitriles is 1. The minimum Gasteiger partial charge on any atom is -0.398 e. The number of nitrogen functional groups attached to an aromatic ring is 1. The molecule has 0 saturated heterocycles. The lowest BCUT2D eigenvalue weighted by molar-refractivity contribution is 0.0786. The van der Waals surface area contributed by atoms with E-state index < -0.39 is 0 Å². The van der Waals surface area contributed by atoms with Gasteiger partial charge >= 0.3 is 0 Å². The number of carbonyl (C=O) groups is 1. The van der Waals surface area contributed by atoms with Crippen LogP contribution in [0.2, 0.25) is 0 Å². The first-order valence-electron chi connectivity index (χ1n) is 6.62. The van der Waals surface area contributed by atoms with E-state index in [1.807, 2.05) is 31.2 Å². The van der Waals surface area contributed by atoms with Crippen molar-refractivity contribution >= 4 is 11.6 Å². The van der Waals surface area contributed by atoms with Gasteiger partial charge in [-0.25, -0.2) is 0 Å². The lowest BCUT2D eigenvalue weighted by Crippen LogP contribution is -2.27. The maximum atomic E-state index is 12.4. The third-order valence-corrected chi connectivity index (χ3v) is 3.40. The smallest absolute Gasteiger partial charge is 0.255 e. The Morgan fingerprint density at radius 2 is 1.90 bits per heavy atom. The van der Waals surface area contributed by atoms with Crippen LogP contribution < -0.4 is 5.73 Å². The van der Waals surface area contributed by atoms with Crippen LogP contribution in [0, 0.1) is 18.3 Å². The van der Waals surface area contributed by atoms with E-state index in [1.54, 1.807) is 30.1 Å². The fourth-order valence-electron chi connectivity index (χ4n) is 2.10. The van der Waals surface area contributed by atoms with Crippen LogP contribution in [0.5, 0.6) is 0 Å². The summed E-state index contributed by atoms with van der Waals surface area (Å²) in [6, 6.07) is 14.7. The van der Waals surface area contributed by atoms with Crippen LogP contribution in [0.15, 0.2) is 42.5 Å². The van der Waals surface area contributed by atoms with E-state index in [2.05, 4.69) is 6.07 Å². The molecular formula is C17H17N3O. The average molecular weight is 279 g/mol. The monoisotopic (exact) mass is 279 g/mol. The maximum Gasteiger partial charge on any atom is 0.255 e. The fraction of sp³-hybridized carbons (Fsp3) is 0.176. The third kappa shape index (κ3) is 3.21. The minimum atomic E-state index is -0.111. The van der Waals surface area contributed by atoms with Gasteiger partial charge in [-0.2, -0.15) is 5.26 Å². The molecule has 0 radical (unpaired) electrons. The van der Waals surface area contributed by atoms with Crippen molar-refractivity contribution < 1.29 is 4.79 Å². The second-order valence-corrected chi connectivity index (χ2v) is 5.01. The summed E-state index contributed by atoms with van der Waals surface area (Å²) in [6.07, 6.45) is 0. The van der Waals surface area contributed by atoms with Crippen LogP contribution in [0.4, 0.5) is 5.69 Å². The van der Waals surface area contributed by atoms with Crippen molar-refractivity contribution in [2.75, 3.05) is 12.8 Å². The van der Waals surface area contributed by atoms with E-state index in [9.17, 15) is 4.79 Å². The molecular weight excluding hydrogens is 262 g/mol. The topological polar surface area (TPSA) is 70.1 Å². The van der Waals surface area contributed by atoms with Gasteiger partial charge in [0.25, 0.3) is 5.91 Å². The molecule has 0 atom stereocenters. The number of nitrogens with two attached hydrogens (primary N) is 1. The number of anilines is 1. The highest BCUT2D eigenvalue weighted by Gasteiger charge is 2.15. The molecule has 4 nitrogen and oxygen atoms in total. The summed E-state index contributed by atoms with van der Waals surface area (Å²) in [4.78, 5) is 14.1. The van der Waals surface area contributed by atoms with Gasteiger partial charge < -0.3 is 10.6 Å². The van der Waals surface area contributed by atoms with Crippen LogP contribution >= 0.6 is 0 Å². The van der Waals surface area contributed by atoms with Crippen molar-refractivity contribution in [2.24, 2.45) is 0 Å². The standard InChI is InChI=1S/C17H17N3O/c1-12-4-3-5-15(16(12)19)17(21)20(2)11-14-8-6-13(10-18)7-9-14/h3-9H,11,19H2,1-2H3. The summed E-state index contributed by atoms with van der Waals surface area (Å²) in [5, 5.41) is 8.78. The van der Waals surface area contributed by atoms with Crippen LogP contribution in [-0.2, 0) is 6.54 Å². The van der Waals surface area contributed by atoms with E-state index in [0.29, 0.717) is 23.4 Å². The van der Waals surface area contributed by atoms with Gasteiger partial charge in [-0.15, -0.1) is 0 Å². The molecule has 0 fully saturated rings. The van der Waals surface area contributed by atoms with Crippen molar-refractivity contribution in [1.82, 2.24) is 4.90 Å². The number of hydrogen-bond donors (Lipinski definition) is 1. The SMILES string of the molecule is Cc1cccc(C(=O)N(C)Cc2ccc(C#N)cc2)c1N. The molecule has 0 spiro atoms. The first kappa shape index (κ1) is 14.6. The highest BCUT2D eigenvalue weighted by Crippen LogP contribution is 2.19. The van der Waals surface area contributed by atoms with Crippen molar-refractivity contribution in [3.8, 4) is 6.07 Å². The largest absolute Gasteiger partial charge is 0.398 e. The molecule has 21 heavy (non-hydrogen) atoms. The molecule has 2 N–H and O–H groups in total. The normalized spacial score (nSPS) is 9.95. The highest BCUT2D eigenvalue weighted by molar-refractivity contribution is 5.99. The Hall–Kier alpha value is -2.80. The van der Waals surface area contributed by atoms with Gasteiger partial charge in [-0.3, -0.25) is 4.79 Å². The van der Waals surface area contributed by atoms with E-state index in [0.717, 1.165) is 11.1 Å². The first-order chi connectivity index (χ1) is 10.0. The molecule has 0 saturated carbocycles. The zero-order valence-electron chi connectivity index (χ0n) is 12.1. The Labute approximate surface area is 124 Å². The second kappa shape index (κ2) is 6.10. The predicted molar refractivity (Wildman–Crippen MR) is 82.5 cm³/mol. The number of aryl methyl sites for hydroxylation is 1. The molecule has 0 aliphatic heterocycles. The first-order valence-corrected chi connectivity index (χ1v) is 6.62. The molecule has 0 aliphatic carbocycles. The Bertz CT molecular complexity index is 699. The Kier molecular flexibility index (Phi) is 4.24. The van der Waals surface area contributed by atoms with E-state index in [-0.39, 0.29) is 5.91 Å². The van der Waals surface area contributed by atoms with E-state index >= 15 is 0 Å². The van der Waals surface area contributed by atoms with Crippen molar-refractivity contribution in [3.05, 3.63) is 64.7 Å². The van der Waals surface area contributed by atoms with Gasteiger partial charge in [0.05, 0.1) is 17.2 Å². The van der Waals surface area contributed by atoms with Gasteiger partial charge in [0.2, 0.25) is 0 Å². The molecule has 1 amide bonds. The Morgan fingerprint density at radius 3 is 2.52 bits per heavy atom. The molecule has 106 valence electrons. The Morgan fingerprint density at radius 1 is 1.24 bits per heavy atom. The van der Waals surface area contributed by atoms with Crippen LogP contribution in [0.3, 0.4) is 0 Å². The van der Waals surface area contributed by atoms with Crippen LogP contribution in [0.25, 0.3) is 0 Å². The summed E-state index contributed by atoms with van der Waals surface area (Å²) in [6.45, 7) is 2.35. The van der Waals surface area contributed by atoms with Gasteiger partial charge in [0.15, 0.2) is 0 Å².